The molecule has 0 bridgehead atoms. The fourth-order valence-electron chi connectivity index (χ4n) is 3.39. The average Bonchev–Trinajstić information content (AvgIpc) is 3.36. The Labute approximate surface area is 164 Å². The number of nitrogens with zero attached hydrogens (tertiary/aromatic N) is 2. The summed E-state index contributed by atoms with van der Waals surface area (Å²) >= 11 is 0. The molecule has 2 atom stereocenters. The fraction of sp³-hybridized carbons (Fsp3) is 0.550. The van der Waals surface area contributed by atoms with Crippen LogP contribution in [0.3, 0.4) is 0 Å². The quantitative estimate of drug-likeness (QED) is 0.524. The fourth-order valence-corrected chi connectivity index (χ4v) is 3.39. The van der Waals surface area contributed by atoms with E-state index in [0.717, 1.165) is 10.6 Å². The maximum atomic E-state index is 13.1. The second-order valence-corrected chi connectivity index (χ2v) is 6.86. The van der Waals surface area contributed by atoms with E-state index in [1.807, 2.05) is 37.3 Å². The molecule has 0 aliphatic carbocycles. The Morgan fingerprint density at radius 2 is 2.04 bits per heavy atom. The molecular formula is C20H26N2O6. The van der Waals surface area contributed by atoms with Gasteiger partial charge in [0.2, 0.25) is 0 Å². The zero-order valence-corrected chi connectivity index (χ0v) is 16.0. The molecule has 2 aliphatic heterocycles. The lowest BCUT2D eigenvalue weighted by molar-refractivity contribution is -0.206. The molecule has 28 heavy (non-hydrogen) atoms. The Bertz CT molecular complexity index is 695. The highest BCUT2D eigenvalue weighted by Crippen LogP contribution is 2.24. The molecule has 0 unspecified atom stereocenters. The number of hydrogen-bond acceptors (Lipinski definition) is 6. The Hall–Kier alpha value is -2.61. The Kier molecular flexibility index (Phi) is 6.86. The summed E-state index contributed by atoms with van der Waals surface area (Å²) in [6.07, 6.45) is 1.74. The van der Waals surface area contributed by atoms with Gasteiger partial charge >= 0.3 is 12.1 Å². The van der Waals surface area contributed by atoms with Crippen molar-refractivity contribution in [3.05, 3.63) is 35.9 Å². The van der Waals surface area contributed by atoms with Crippen molar-refractivity contribution in [3.63, 3.8) is 0 Å². The second kappa shape index (κ2) is 9.54. The van der Waals surface area contributed by atoms with E-state index in [4.69, 9.17) is 14.3 Å². The Morgan fingerprint density at radius 3 is 2.71 bits per heavy atom. The summed E-state index contributed by atoms with van der Waals surface area (Å²) in [4.78, 5) is 44.7. The van der Waals surface area contributed by atoms with Crippen molar-refractivity contribution in [2.75, 3.05) is 19.8 Å². The highest BCUT2D eigenvalue weighted by molar-refractivity contribution is 5.89. The smallest absolute Gasteiger partial charge is 0.410 e. The summed E-state index contributed by atoms with van der Waals surface area (Å²) in [5, 5.41) is 1.12. The van der Waals surface area contributed by atoms with E-state index in [1.165, 1.54) is 4.90 Å². The van der Waals surface area contributed by atoms with Crippen LogP contribution in [0, 0.1) is 0 Å². The number of carbonyl (C=O) groups excluding carboxylic acids is 3. The van der Waals surface area contributed by atoms with E-state index >= 15 is 0 Å². The van der Waals surface area contributed by atoms with Crippen LogP contribution < -0.4 is 0 Å². The monoisotopic (exact) mass is 390 g/mol. The van der Waals surface area contributed by atoms with Crippen LogP contribution in [0.15, 0.2) is 30.3 Å². The van der Waals surface area contributed by atoms with Crippen LogP contribution in [0.1, 0.15) is 38.2 Å². The molecule has 3 rings (SSSR count). The van der Waals surface area contributed by atoms with Crippen LogP contribution in [0.4, 0.5) is 4.79 Å². The van der Waals surface area contributed by atoms with E-state index < -0.39 is 30.1 Å². The standard InChI is InChI=1S/C20H26N2O6/c1-2-12-28-22(17-10-13-26-19(17)24)18(23)16-9-6-11-21(16)20(25)27-14-15-7-4-3-5-8-15/h3-5,7-8,16-17H,2,6,9-14H2,1H3/t16-,17-/m0/s1. The minimum atomic E-state index is -0.762. The number of hydroxylamine groups is 2. The summed E-state index contributed by atoms with van der Waals surface area (Å²) in [5.74, 6) is -0.868. The number of carbonyl (C=O) groups is 3. The molecule has 2 heterocycles. The van der Waals surface area contributed by atoms with Gasteiger partial charge in [-0.15, -0.1) is 0 Å². The van der Waals surface area contributed by atoms with Crippen LogP contribution in [0.25, 0.3) is 0 Å². The van der Waals surface area contributed by atoms with E-state index in [2.05, 4.69) is 0 Å². The molecule has 2 saturated heterocycles. The molecule has 8 nitrogen and oxygen atoms in total. The lowest BCUT2D eigenvalue weighted by Gasteiger charge is -2.31. The summed E-state index contributed by atoms with van der Waals surface area (Å²) in [6, 6.07) is 7.90. The first-order valence-electron chi connectivity index (χ1n) is 9.71. The maximum absolute atomic E-state index is 13.1. The Balaban J connectivity index is 1.66. The third-order valence-corrected chi connectivity index (χ3v) is 4.82. The van der Waals surface area contributed by atoms with E-state index in [0.29, 0.717) is 38.8 Å². The highest BCUT2D eigenvalue weighted by atomic mass is 16.7. The molecule has 0 N–H and O–H groups in total. The highest BCUT2D eigenvalue weighted by Gasteiger charge is 2.43. The van der Waals surface area contributed by atoms with Gasteiger partial charge in [0.05, 0.1) is 13.2 Å². The van der Waals surface area contributed by atoms with Crippen LogP contribution in [-0.4, -0.2) is 59.8 Å². The minimum absolute atomic E-state index is 0.141. The van der Waals surface area contributed by atoms with Crippen LogP contribution in [0.2, 0.25) is 0 Å². The molecule has 2 amide bonds. The zero-order chi connectivity index (χ0) is 19.9. The number of cyclic esters (lactones) is 1. The van der Waals surface area contributed by atoms with E-state index in [9.17, 15) is 14.4 Å². The van der Waals surface area contributed by atoms with Gasteiger partial charge in [-0.05, 0) is 24.8 Å². The molecule has 0 spiro atoms. The molecule has 8 heteroatoms. The van der Waals surface area contributed by atoms with Gasteiger partial charge < -0.3 is 9.47 Å². The zero-order valence-electron chi connectivity index (χ0n) is 16.0. The SMILES string of the molecule is CCCON(C(=O)[C@@H]1CCCN1C(=O)OCc1ccccc1)[C@H]1CCOC1=O. The van der Waals surface area contributed by atoms with Gasteiger partial charge in [0.1, 0.15) is 12.6 Å². The molecule has 0 aromatic heterocycles. The molecule has 0 saturated carbocycles. The lowest BCUT2D eigenvalue weighted by Crippen LogP contribution is -2.52. The number of benzene rings is 1. The maximum Gasteiger partial charge on any atom is 0.410 e. The first-order chi connectivity index (χ1) is 13.6. The number of esters is 1. The van der Waals surface area contributed by atoms with Crippen LogP contribution >= 0.6 is 0 Å². The first-order valence-corrected chi connectivity index (χ1v) is 9.71. The summed E-state index contributed by atoms with van der Waals surface area (Å²) in [7, 11) is 0. The largest absolute Gasteiger partial charge is 0.464 e. The Morgan fingerprint density at radius 1 is 1.25 bits per heavy atom. The van der Waals surface area contributed by atoms with Gasteiger partial charge in [0.15, 0.2) is 6.04 Å². The minimum Gasteiger partial charge on any atom is -0.464 e. The predicted octanol–water partition coefficient (Wildman–Crippen LogP) is 2.27. The number of rotatable bonds is 7. The molecule has 0 radical (unpaired) electrons. The van der Waals surface area contributed by atoms with Gasteiger partial charge in [-0.3, -0.25) is 14.5 Å². The van der Waals surface area contributed by atoms with Gasteiger partial charge in [0.25, 0.3) is 5.91 Å². The molecular weight excluding hydrogens is 364 g/mol. The van der Waals surface area contributed by atoms with Crippen LogP contribution in [0.5, 0.6) is 0 Å². The summed E-state index contributed by atoms with van der Waals surface area (Å²) in [6.45, 7) is 3.05. The molecule has 2 fully saturated rings. The topological polar surface area (TPSA) is 85.4 Å². The van der Waals surface area contributed by atoms with Crippen LogP contribution in [-0.2, 0) is 30.5 Å². The number of ether oxygens (including phenoxy) is 2. The van der Waals surface area contributed by atoms with Crippen molar-refractivity contribution in [2.24, 2.45) is 0 Å². The number of hydrogen-bond donors (Lipinski definition) is 0. The molecule has 152 valence electrons. The van der Waals surface area contributed by atoms with Gasteiger partial charge in [0, 0.05) is 13.0 Å². The van der Waals surface area contributed by atoms with Crippen molar-refractivity contribution in [1.82, 2.24) is 9.96 Å². The van der Waals surface area contributed by atoms with Crippen molar-refractivity contribution in [2.45, 2.75) is 51.3 Å². The third-order valence-electron chi connectivity index (χ3n) is 4.82. The van der Waals surface area contributed by atoms with Gasteiger partial charge in [-0.25, -0.2) is 14.7 Å². The van der Waals surface area contributed by atoms with E-state index in [-0.39, 0.29) is 13.2 Å². The van der Waals surface area contributed by atoms with Crippen molar-refractivity contribution >= 4 is 18.0 Å². The normalized spacial score (nSPS) is 21.5. The first kappa shape index (κ1) is 20.1. The van der Waals surface area contributed by atoms with E-state index in [1.54, 1.807) is 0 Å². The molecule has 1 aromatic carbocycles. The van der Waals surface area contributed by atoms with Crippen molar-refractivity contribution in [3.8, 4) is 0 Å². The molecule has 2 aliphatic rings. The average molecular weight is 390 g/mol. The third kappa shape index (κ3) is 4.62. The number of amides is 2. The van der Waals surface area contributed by atoms with Crippen molar-refractivity contribution < 1.29 is 28.7 Å². The molecule has 1 aromatic rings. The van der Waals surface area contributed by atoms with Crippen molar-refractivity contribution in [1.29, 1.82) is 0 Å². The number of likely N-dealkylation sites (tertiary alicyclic amines) is 1. The van der Waals surface area contributed by atoms with Gasteiger partial charge in [-0.1, -0.05) is 37.3 Å². The lowest BCUT2D eigenvalue weighted by atomic mass is 10.1. The predicted molar refractivity (Wildman–Crippen MR) is 98.8 cm³/mol. The van der Waals surface area contributed by atoms with Gasteiger partial charge in [-0.2, -0.15) is 0 Å². The summed E-state index contributed by atoms with van der Waals surface area (Å²) < 4.78 is 10.4. The second-order valence-electron chi connectivity index (χ2n) is 6.86. The summed E-state index contributed by atoms with van der Waals surface area (Å²) in [5.41, 5.74) is 0.875.